The van der Waals surface area contributed by atoms with Crippen molar-refractivity contribution in [3.8, 4) is 0 Å². The molecule has 1 aliphatic rings. The third-order valence-electron chi connectivity index (χ3n) is 1.93. The molecule has 0 aliphatic heterocycles. The molecule has 0 aromatic carbocycles. The Bertz CT molecular complexity index is 129. The van der Waals surface area contributed by atoms with E-state index < -0.39 is 0 Å². The van der Waals surface area contributed by atoms with E-state index in [-0.39, 0.29) is 30.3 Å². The van der Waals surface area contributed by atoms with Gasteiger partial charge in [0.15, 0.2) is 0 Å². The average Bonchev–Trinajstić information content (AvgIpc) is 2.13. The molecule has 0 heterocycles. The maximum atomic E-state index is 10.6. The van der Waals surface area contributed by atoms with E-state index in [1.807, 2.05) is 0 Å². The van der Waals surface area contributed by atoms with Gasteiger partial charge in [-0.1, -0.05) is 6.42 Å². The van der Waals surface area contributed by atoms with Gasteiger partial charge in [-0.05, 0) is 12.8 Å². The highest BCUT2D eigenvalue weighted by atomic mass is 35.5. The molecule has 0 unspecified atom stereocenters. The van der Waals surface area contributed by atoms with Crippen molar-refractivity contribution in [3.05, 3.63) is 0 Å². The second-order valence-electron chi connectivity index (χ2n) is 2.60. The molecule has 1 aliphatic carbocycles. The summed E-state index contributed by atoms with van der Waals surface area (Å²) in [7, 11) is 0. The van der Waals surface area contributed by atoms with E-state index >= 15 is 0 Å². The fraction of sp³-hybridized carbons (Fsp3) is 0.833. The van der Waals surface area contributed by atoms with Crippen LogP contribution in [0.15, 0.2) is 0 Å². The summed E-state index contributed by atoms with van der Waals surface area (Å²) in [5.74, 6) is -0.287. The molecule has 10 heavy (non-hydrogen) atoms. The lowest BCUT2D eigenvalue weighted by Gasteiger charge is -2.08. The molecular weight excluding hydrogens is 152 g/mol. The topological polar surface area (TPSA) is 69.1 Å². The van der Waals surface area contributed by atoms with Crippen LogP contribution in [0, 0.1) is 5.92 Å². The number of primary amides is 1. The van der Waals surface area contributed by atoms with Crippen LogP contribution in [0.1, 0.15) is 19.3 Å². The first-order chi connectivity index (χ1) is 4.22. The maximum Gasteiger partial charge on any atom is 0.222 e. The number of amides is 1. The van der Waals surface area contributed by atoms with Crippen molar-refractivity contribution in [2.75, 3.05) is 0 Å². The van der Waals surface area contributed by atoms with E-state index in [0.717, 1.165) is 19.3 Å². The Morgan fingerprint density at radius 2 is 2.00 bits per heavy atom. The SMILES string of the molecule is Cl.NC(=O)[C@H]1CCC[C@H]1N. The summed E-state index contributed by atoms with van der Waals surface area (Å²) in [5.41, 5.74) is 10.6. The fourth-order valence-corrected chi connectivity index (χ4v) is 1.34. The molecule has 1 saturated carbocycles. The number of hydrogen-bond acceptors (Lipinski definition) is 2. The summed E-state index contributed by atoms with van der Waals surface area (Å²) >= 11 is 0. The Morgan fingerprint density at radius 3 is 2.20 bits per heavy atom. The molecule has 4 N–H and O–H groups in total. The highest BCUT2D eigenvalue weighted by Crippen LogP contribution is 2.22. The number of halogens is 1. The molecule has 0 radical (unpaired) electrons. The Morgan fingerprint density at radius 1 is 1.40 bits per heavy atom. The first-order valence-corrected chi connectivity index (χ1v) is 3.26. The molecule has 3 nitrogen and oxygen atoms in total. The smallest absolute Gasteiger partial charge is 0.222 e. The monoisotopic (exact) mass is 164 g/mol. The molecule has 1 rings (SSSR count). The van der Waals surface area contributed by atoms with Crippen molar-refractivity contribution >= 4 is 18.3 Å². The Balaban J connectivity index is 0.000000810. The van der Waals surface area contributed by atoms with Crippen LogP contribution in [0.3, 0.4) is 0 Å². The van der Waals surface area contributed by atoms with Gasteiger partial charge in [-0.2, -0.15) is 0 Å². The molecule has 0 aromatic rings. The largest absolute Gasteiger partial charge is 0.369 e. The summed E-state index contributed by atoms with van der Waals surface area (Å²) in [5, 5.41) is 0. The van der Waals surface area contributed by atoms with Crippen LogP contribution in [0.25, 0.3) is 0 Å². The third-order valence-corrected chi connectivity index (χ3v) is 1.93. The van der Waals surface area contributed by atoms with Crippen LogP contribution < -0.4 is 11.5 Å². The van der Waals surface area contributed by atoms with E-state index in [4.69, 9.17) is 11.5 Å². The standard InChI is InChI=1S/C6H12N2O.ClH/c7-5-3-1-2-4(5)6(8)9;/h4-5H,1-3,7H2,(H2,8,9);1H/t4-,5+;/m0./s1. The highest BCUT2D eigenvalue weighted by molar-refractivity contribution is 5.85. The number of carbonyl (C=O) groups excluding carboxylic acids is 1. The third kappa shape index (κ3) is 1.85. The van der Waals surface area contributed by atoms with E-state index in [2.05, 4.69) is 0 Å². The van der Waals surface area contributed by atoms with Crippen LogP contribution in [0.5, 0.6) is 0 Å². The Hall–Kier alpha value is -0.280. The summed E-state index contributed by atoms with van der Waals surface area (Å²) < 4.78 is 0. The molecule has 0 aromatic heterocycles. The lowest BCUT2D eigenvalue weighted by Crippen LogP contribution is -2.34. The summed E-state index contributed by atoms with van der Waals surface area (Å²) in [6.07, 6.45) is 2.89. The molecule has 60 valence electrons. The molecule has 0 spiro atoms. The van der Waals surface area contributed by atoms with Gasteiger partial charge >= 0.3 is 0 Å². The van der Waals surface area contributed by atoms with Crippen LogP contribution >= 0.6 is 12.4 Å². The second kappa shape index (κ2) is 3.78. The molecule has 0 saturated heterocycles. The van der Waals surface area contributed by atoms with Gasteiger partial charge in [0.05, 0.1) is 5.92 Å². The van der Waals surface area contributed by atoms with Gasteiger partial charge in [-0.25, -0.2) is 0 Å². The van der Waals surface area contributed by atoms with E-state index in [9.17, 15) is 4.79 Å². The van der Waals surface area contributed by atoms with Crippen LogP contribution in [-0.4, -0.2) is 11.9 Å². The lowest BCUT2D eigenvalue weighted by molar-refractivity contribution is -0.121. The first kappa shape index (κ1) is 9.72. The van der Waals surface area contributed by atoms with Crippen LogP contribution in [0.2, 0.25) is 0 Å². The molecule has 1 fully saturated rings. The van der Waals surface area contributed by atoms with Gasteiger partial charge < -0.3 is 11.5 Å². The van der Waals surface area contributed by atoms with Gasteiger partial charge in [-0.15, -0.1) is 12.4 Å². The zero-order valence-corrected chi connectivity index (χ0v) is 6.56. The van der Waals surface area contributed by atoms with Crippen molar-refractivity contribution < 1.29 is 4.79 Å². The van der Waals surface area contributed by atoms with Gasteiger partial charge in [-0.3, -0.25) is 4.79 Å². The van der Waals surface area contributed by atoms with Crippen molar-refractivity contribution in [2.24, 2.45) is 17.4 Å². The number of carbonyl (C=O) groups is 1. The van der Waals surface area contributed by atoms with Crippen molar-refractivity contribution in [1.82, 2.24) is 0 Å². The van der Waals surface area contributed by atoms with E-state index in [1.165, 1.54) is 0 Å². The quantitative estimate of drug-likeness (QED) is 0.574. The van der Waals surface area contributed by atoms with Crippen LogP contribution in [-0.2, 0) is 4.79 Å². The van der Waals surface area contributed by atoms with Gasteiger partial charge in [0.25, 0.3) is 0 Å². The summed E-state index contributed by atoms with van der Waals surface area (Å²) in [6, 6.07) is 0.0301. The van der Waals surface area contributed by atoms with Crippen molar-refractivity contribution in [2.45, 2.75) is 25.3 Å². The van der Waals surface area contributed by atoms with Gasteiger partial charge in [0.1, 0.15) is 0 Å². The molecule has 2 atom stereocenters. The lowest BCUT2D eigenvalue weighted by atomic mass is 10.0. The average molecular weight is 165 g/mol. The molecule has 4 heteroatoms. The van der Waals surface area contributed by atoms with Crippen molar-refractivity contribution in [3.63, 3.8) is 0 Å². The highest BCUT2D eigenvalue weighted by Gasteiger charge is 2.27. The Labute approximate surface area is 66.6 Å². The minimum Gasteiger partial charge on any atom is -0.369 e. The zero-order valence-electron chi connectivity index (χ0n) is 5.75. The molecule has 1 amide bonds. The maximum absolute atomic E-state index is 10.6. The minimum atomic E-state index is -0.236. The number of nitrogens with two attached hydrogens (primary N) is 2. The normalized spacial score (nSPS) is 31.3. The summed E-state index contributed by atoms with van der Waals surface area (Å²) in [4.78, 5) is 10.6. The van der Waals surface area contributed by atoms with E-state index in [1.54, 1.807) is 0 Å². The van der Waals surface area contributed by atoms with Gasteiger partial charge in [0, 0.05) is 6.04 Å². The fourth-order valence-electron chi connectivity index (χ4n) is 1.34. The zero-order chi connectivity index (χ0) is 6.85. The Kier molecular flexibility index (Phi) is 3.68. The molecular formula is C6H13ClN2O. The minimum absolute atomic E-state index is 0. The van der Waals surface area contributed by atoms with E-state index in [0.29, 0.717) is 0 Å². The predicted octanol–water partition coefficient (Wildman–Crippen LogP) is 0.0209. The predicted molar refractivity (Wildman–Crippen MR) is 41.8 cm³/mol. The number of rotatable bonds is 1. The first-order valence-electron chi connectivity index (χ1n) is 3.26. The van der Waals surface area contributed by atoms with Crippen LogP contribution in [0.4, 0.5) is 0 Å². The number of hydrogen-bond donors (Lipinski definition) is 2. The second-order valence-corrected chi connectivity index (χ2v) is 2.60. The summed E-state index contributed by atoms with van der Waals surface area (Å²) in [6.45, 7) is 0. The van der Waals surface area contributed by atoms with Gasteiger partial charge in [0.2, 0.25) is 5.91 Å². The van der Waals surface area contributed by atoms with Crippen molar-refractivity contribution in [1.29, 1.82) is 0 Å². The molecule has 0 bridgehead atoms.